The van der Waals surface area contributed by atoms with Crippen LogP contribution in [0.25, 0.3) is 0 Å². The molecular formula is C5H7FN2. The van der Waals surface area contributed by atoms with Crippen molar-refractivity contribution in [3.63, 3.8) is 0 Å². The first-order valence-corrected chi connectivity index (χ1v) is 2.47. The second kappa shape index (κ2) is 2.45. The van der Waals surface area contributed by atoms with Gasteiger partial charge >= 0.3 is 0 Å². The Morgan fingerprint density at radius 3 is 3.12 bits per heavy atom. The molecule has 3 heteroatoms. The van der Waals surface area contributed by atoms with Gasteiger partial charge in [0.15, 0.2) is 0 Å². The van der Waals surface area contributed by atoms with Gasteiger partial charge in [-0.3, -0.25) is 9.49 Å². The standard InChI is InChI=1S/C5H7FN2/c6-2-1-5-3-7-8-4-5/h3-4H,1-2H2,(H,7,8). The van der Waals surface area contributed by atoms with Crippen LogP contribution in [0, 0.1) is 0 Å². The van der Waals surface area contributed by atoms with E-state index in [0.717, 1.165) is 5.56 Å². The molecular weight excluding hydrogens is 107 g/mol. The Morgan fingerprint density at radius 2 is 2.62 bits per heavy atom. The molecule has 0 fully saturated rings. The van der Waals surface area contributed by atoms with Crippen LogP contribution in [0.4, 0.5) is 4.39 Å². The second-order valence-electron chi connectivity index (χ2n) is 1.55. The van der Waals surface area contributed by atoms with Gasteiger partial charge in [-0.05, 0) is 5.56 Å². The van der Waals surface area contributed by atoms with E-state index in [-0.39, 0.29) is 6.67 Å². The number of aromatic amines is 1. The van der Waals surface area contributed by atoms with Gasteiger partial charge in [0.1, 0.15) is 0 Å². The van der Waals surface area contributed by atoms with Crippen molar-refractivity contribution < 1.29 is 4.39 Å². The van der Waals surface area contributed by atoms with E-state index in [1.807, 2.05) is 0 Å². The van der Waals surface area contributed by atoms with Crippen molar-refractivity contribution in [3.05, 3.63) is 18.0 Å². The van der Waals surface area contributed by atoms with Crippen LogP contribution in [-0.2, 0) is 6.42 Å². The third-order valence-electron chi connectivity index (χ3n) is 0.938. The van der Waals surface area contributed by atoms with Crippen molar-refractivity contribution in [2.24, 2.45) is 0 Å². The van der Waals surface area contributed by atoms with E-state index in [9.17, 15) is 4.39 Å². The predicted octanol–water partition coefficient (Wildman–Crippen LogP) is 0.922. The van der Waals surface area contributed by atoms with Gasteiger partial charge < -0.3 is 0 Å². The zero-order chi connectivity index (χ0) is 5.82. The maximum absolute atomic E-state index is 11.5. The zero-order valence-corrected chi connectivity index (χ0v) is 4.39. The molecule has 0 saturated heterocycles. The quantitative estimate of drug-likeness (QED) is 0.608. The molecule has 0 amide bonds. The van der Waals surface area contributed by atoms with Gasteiger partial charge in [0.05, 0.1) is 12.9 Å². The van der Waals surface area contributed by atoms with E-state index in [1.54, 1.807) is 12.4 Å². The Bertz CT molecular complexity index is 136. The van der Waals surface area contributed by atoms with Gasteiger partial charge in [-0.15, -0.1) is 0 Å². The molecule has 0 aromatic carbocycles. The molecule has 1 aromatic heterocycles. The number of halogens is 1. The molecule has 0 atom stereocenters. The number of alkyl halides is 1. The largest absolute Gasteiger partial charge is 0.285 e. The molecule has 0 unspecified atom stereocenters. The minimum atomic E-state index is -0.306. The molecule has 0 bridgehead atoms. The van der Waals surface area contributed by atoms with Gasteiger partial charge in [0.2, 0.25) is 0 Å². The number of aryl methyl sites for hydroxylation is 1. The van der Waals surface area contributed by atoms with E-state index in [0.29, 0.717) is 6.42 Å². The summed E-state index contributed by atoms with van der Waals surface area (Å²) in [5.41, 5.74) is 0.924. The Hall–Kier alpha value is -0.860. The average molecular weight is 114 g/mol. The summed E-state index contributed by atoms with van der Waals surface area (Å²) in [5, 5.41) is 6.25. The molecule has 1 N–H and O–H groups in total. The molecule has 1 rings (SSSR count). The van der Waals surface area contributed by atoms with Crippen LogP contribution >= 0.6 is 0 Å². The van der Waals surface area contributed by atoms with Gasteiger partial charge in [-0.25, -0.2) is 0 Å². The minimum Gasteiger partial charge on any atom is -0.285 e. The van der Waals surface area contributed by atoms with Crippen molar-refractivity contribution >= 4 is 0 Å². The summed E-state index contributed by atoms with van der Waals surface area (Å²) >= 11 is 0. The first kappa shape index (κ1) is 5.28. The minimum absolute atomic E-state index is 0.306. The second-order valence-corrected chi connectivity index (χ2v) is 1.55. The molecule has 8 heavy (non-hydrogen) atoms. The summed E-state index contributed by atoms with van der Waals surface area (Å²) < 4.78 is 11.5. The monoisotopic (exact) mass is 114 g/mol. The Labute approximate surface area is 46.7 Å². The lowest BCUT2D eigenvalue weighted by Crippen LogP contribution is -1.80. The van der Waals surface area contributed by atoms with E-state index in [4.69, 9.17) is 0 Å². The first-order chi connectivity index (χ1) is 3.93. The van der Waals surface area contributed by atoms with E-state index in [2.05, 4.69) is 10.2 Å². The molecule has 0 spiro atoms. The summed E-state index contributed by atoms with van der Waals surface area (Å²) in [5.74, 6) is 0. The van der Waals surface area contributed by atoms with Gasteiger partial charge in [0.25, 0.3) is 0 Å². The van der Waals surface area contributed by atoms with Crippen LogP contribution in [-0.4, -0.2) is 16.9 Å². The van der Waals surface area contributed by atoms with Crippen molar-refractivity contribution in [1.82, 2.24) is 10.2 Å². The van der Waals surface area contributed by atoms with E-state index in [1.165, 1.54) is 0 Å². The van der Waals surface area contributed by atoms with Crippen LogP contribution in [0.2, 0.25) is 0 Å². The summed E-state index contributed by atoms with van der Waals surface area (Å²) in [6, 6.07) is 0. The third-order valence-corrected chi connectivity index (χ3v) is 0.938. The Kier molecular flexibility index (Phi) is 1.62. The number of nitrogens with one attached hydrogen (secondary N) is 1. The highest BCUT2D eigenvalue weighted by molar-refractivity contribution is 5.01. The van der Waals surface area contributed by atoms with Gasteiger partial charge in [-0.1, -0.05) is 0 Å². The fraction of sp³-hybridized carbons (Fsp3) is 0.400. The predicted molar refractivity (Wildman–Crippen MR) is 28.3 cm³/mol. The lowest BCUT2D eigenvalue weighted by atomic mass is 10.3. The maximum Gasteiger partial charge on any atom is 0.0935 e. The van der Waals surface area contributed by atoms with Crippen molar-refractivity contribution in [2.75, 3.05) is 6.67 Å². The smallest absolute Gasteiger partial charge is 0.0935 e. The highest BCUT2D eigenvalue weighted by Gasteiger charge is 1.89. The lowest BCUT2D eigenvalue weighted by molar-refractivity contribution is 0.495. The topological polar surface area (TPSA) is 28.7 Å². The molecule has 0 aliphatic rings. The van der Waals surface area contributed by atoms with Crippen molar-refractivity contribution in [1.29, 1.82) is 0 Å². The summed E-state index contributed by atoms with van der Waals surface area (Å²) in [7, 11) is 0. The fourth-order valence-corrected chi connectivity index (χ4v) is 0.523. The van der Waals surface area contributed by atoms with E-state index >= 15 is 0 Å². The molecule has 0 aliphatic carbocycles. The van der Waals surface area contributed by atoms with E-state index < -0.39 is 0 Å². The zero-order valence-electron chi connectivity index (χ0n) is 4.39. The summed E-state index contributed by atoms with van der Waals surface area (Å²) in [4.78, 5) is 0. The SMILES string of the molecule is FCCc1cn[nH]c1. The normalized spacial score (nSPS) is 9.62. The molecule has 0 radical (unpaired) electrons. The first-order valence-electron chi connectivity index (χ1n) is 2.47. The summed E-state index contributed by atoms with van der Waals surface area (Å²) in [6.07, 6.45) is 3.79. The molecule has 1 heterocycles. The maximum atomic E-state index is 11.5. The summed E-state index contributed by atoms with van der Waals surface area (Å²) in [6.45, 7) is -0.306. The van der Waals surface area contributed by atoms with Crippen LogP contribution in [0.1, 0.15) is 5.56 Å². The average Bonchev–Trinajstić information content (AvgIpc) is 2.19. The number of H-pyrrole nitrogens is 1. The number of hydrogen-bond donors (Lipinski definition) is 1. The fourth-order valence-electron chi connectivity index (χ4n) is 0.523. The van der Waals surface area contributed by atoms with Crippen LogP contribution in [0.15, 0.2) is 12.4 Å². The highest BCUT2D eigenvalue weighted by atomic mass is 19.1. The van der Waals surface area contributed by atoms with Gasteiger partial charge in [0, 0.05) is 12.6 Å². The highest BCUT2D eigenvalue weighted by Crippen LogP contribution is 1.93. The third kappa shape index (κ3) is 1.05. The van der Waals surface area contributed by atoms with Gasteiger partial charge in [-0.2, -0.15) is 5.10 Å². The number of rotatable bonds is 2. The molecule has 1 aromatic rings. The Morgan fingerprint density at radius 1 is 1.75 bits per heavy atom. The van der Waals surface area contributed by atoms with Crippen molar-refractivity contribution in [2.45, 2.75) is 6.42 Å². The Balaban J connectivity index is 2.50. The molecule has 44 valence electrons. The number of aromatic nitrogens is 2. The van der Waals surface area contributed by atoms with Crippen LogP contribution < -0.4 is 0 Å². The van der Waals surface area contributed by atoms with Crippen molar-refractivity contribution in [3.8, 4) is 0 Å². The van der Waals surface area contributed by atoms with Crippen LogP contribution in [0.5, 0.6) is 0 Å². The van der Waals surface area contributed by atoms with Crippen LogP contribution in [0.3, 0.4) is 0 Å². The molecule has 0 aliphatic heterocycles. The molecule has 2 nitrogen and oxygen atoms in total. The number of hydrogen-bond acceptors (Lipinski definition) is 1. The molecule has 0 saturated carbocycles. The lowest BCUT2D eigenvalue weighted by Gasteiger charge is -1.82. The number of nitrogens with zero attached hydrogens (tertiary/aromatic N) is 1.